The number of rotatable bonds is 1. The molecule has 3 saturated carbocycles. The fraction of sp³-hybridized carbons (Fsp3) is 0.938. The molecule has 2 N–H and O–H groups in total. The van der Waals surface area contributed by atoms with E-state index in [2.05, 4.69) is 4.90 Å². The minimum Gasteiger partial charge on any atom is -0.342 e. The van der Waals surface area contributed by atoms with Crippen LogP contribution in [0, 0.1) is 29.6 Å². The van der Waals surface area contributed by atoms with Gasteiger partial charge < -0.3 is 10.6 Å². The first-order valence-corrected chi connectivity index (χ1v) is 8.26. The standard InChI is InChI=1S/C16H26N2O/c17-15-3-1-2-12-8-18(9-14(12)15)16(19)13-7-10-4-5-11(13)6-10/h10-15H,1-9,17H2. The third-order valence-corrected chi connectivity index (χ3v) is 6.52. The van der Waals surface area contributed by atoms with Crippen molar-refractivity contribution in [3.8, 4) is 0 Å². The second-order valence-corrected chi connectivity index (χ2v) is 7.54. The zero-order valence-corrected chi connectivity index (χ0v) is 11.8. The van der Waals surface area contributed by atoms with Gasteiger partial charge in [-0.25, -0.2) is 0 Å². The van der Waals surface area contributed by atoms with Crippen LogP contribution in [0.25, 0.3) is 0 Å². The molecule has 0 aromatic heterocycles. The van der Waals surface area contributed by atoms with E-state index in [1.165, 1.54) is 38.5 Å². The number of hydrogen-bond acceptors (Lipinski definition) is 2. The van der Waals surface area contributed by atoms with Crippen molar-refractivity contribution in [3.05, 3.63) is 0 Å². The van der Waals surface area contributed by atoms with E-state index in [1.807, 2.05) is 0 Å². The summed E-state index contributed by atoms with van der Waals surface area (Å²) in [5.74, 6) is 3.73. The molecule has 1 aliphatic heterocycles. The lowest BCUT2D eigenvalue weighted by atomic mass is 9.78. The number of carbonyl (C=O) groups excluding carboxylic acids is 1. The minimum atomic E-state index is 0.344. The van der Waals surface area contributed by atoms with E-state index in [0.29, 0.717) is 35.6 Å². The highest BCUT2D eigenvalue weighted by Gasteiger charge is 2.47. The lowest BCUT2D eigenvalue weighted by Gasteiger charge is -2.29. The van der Waals surface area contributed by atoms with Crippen LogP contribution in [0.15, 0.2) is 0 Å². The average molecular weight is 262 g/mol. The summed E-state index contributed by atoms with van der Waals surface area (Å²) in [4.78, 5) is 15.0. The zero-order valence-electron chi connectivity index (χ0n) is 11.8. The van der Waals surface area contributed by atoms with Gasteiger partial charge >= 0.3 is 0 Å². The van der Waals surface area contributed by atoms with Crippen LogP contribution in [-0.4, -0.2) is 29.9 Å². The summed E-state index contributed by atoms with van der Waals surface area (Å²) in [7, 11) is 0. The molecule has 0 radical (unpaired) electrons. The Morgan fingerprint density at radius 2 is 1.89 bits per heavy atom. The Kier molecular flexibility index (Phi) is 2.87. The predicted octanol–water partition coefficient (Wildman–Crippen LogP) is 2.01. The Bertz CT molecular complexity index is 383. The van der Waals surface area contributed by atoms with Crippen LogP contribution in [0.5, 0.6) is 0 Å². The van der Waals surface area contributed by atoms with Crippen LogP contribution in [0.4, 0.5) is 0 Å². The van der Waals surface area contributed by atoms with Gasteiger partial charge in [0.2, 0.25) is 5.91 Å². The van der Waals surface area contributed by atoms with Gasteiger partial charge in [-0.3, -0.25) is 4.79 Å². The maximum Gasteiger partial charge on any atom is 0.225 e. The maximum atomic E-state index is 12.8. The van der Waals surface area contributed by atoms with Crippen molar-refractivity contribution in [1.82, 2.24) is 4.90 Å². The lowest BCUT2D eigenvalue weighted by Crippen LogP contribution is -2.39. The first kappa shape index (κ1) is 12.2. The Labute approximate surface area is 115 Å². The molecule has 6 atom stereocenters. The van der Waals surface area contributed by atoms with Crippen LogP contribution >= 0.6 is 0 Å². The molecule has 0 spiro atoms. The predicted molar refractivity (Wildman–Crippen MR) is 74.3 cm³/mol. The molecule has 19 heavy (non-hydrogen) atoms. The normalized spacial score (nSPS) is 48.6. The molecule has 6 unspecified atom stereocenters. The smallest absolute Gasteiger partial charge is 0.225 e. The molecule has 1 amide bonds. The molecule has 4 fully saturated rings. The summed E-state index contributed by atoms with van der Waals surface area (Å²) in [6.45, 7) is 1.96. The van der Waals surface area contributed by atoms with Crippen molar-refractivity contribution in [1.29, 1.82) is 0 Å². The van der Waals surface area contributed by atoms with E-state index >= 15 is 0 Å². The third kappa shape index (κ3) is 1.93. The van der Waals surface area contributed by atoms with Gasteiger partial charge in [-0.15, -0.1) is 0 Å². The summed E-state index contributed by atoms with van der Waals surface area (Å²) >= 11 is 0. The Morgan fingerprint density at radius 3 is 2.58 bits per heavy atom. The Hall–Kier alpha value is -0.570. The summed E-state index contributed by atoms with van der Waals surface area (Å²) in [5.41, 5.74) is 6.26. The second kappa shape index (κ2) is 4.47. The van der Waals surface area contributed by atoms with Crippen LogP contribution in [0.2, 0.25) is 0 Å². The molecular formula is C16H26N2O. The first-order valence-electron chi connectivity index (χ1n) is 8.26. The fourth-order valence-corrected chi connectivity index (χ4v) is 5.48. The highest BCUT2D eigenvalue weighted by Crippen LogP contribution is 2.49. The van der Waals surface area contributed by atoms with Crippen LogP contribution in [-0.2, 0) is 4.79 Å². The van der Waals surface area contributed by atoms with Gasteiger partial charge in [-0.1, -0.05) is 12.8 Å². The van der Waals surface area contributed by atoms with Gasteiger partial charge in [0.1, 0.15) is 0 Å². The molecule has 1 heterocycles. The number of fused-ring (bicyclic) bond motifs is 3. The Morgan fingerprint density at radius 1 is 1.00 bits per heavy atom. The average Bonchev–Trinajstić information content (AvgIpc) is 3.12. The molecule has 3 aliphatic carbocycles. The molecule has 3 heteroatoms. The Balaban J connectivity index is 1.44. The van der Waals surface area contributed by atoms with E-state index < -0.39 is 0 Å². The molecule has 2 bridgehead atoms. The molecule has 106 valence electrons. The SMILES string of the molecule is NC1CCCC2CN(C(=O)C3CC4CCC3C4)CC12. The molecule has 1 saturated heterocycles. The highest BCUT2D eigenvalue weighted by atomic mass is 16.2. The highest BCUT2D eigenvalue weighted by molar-refractivity contribution is 5.80. The van der Waals surface area contributed by atoms with Crippen molar-refractivity contribution in [3.63, 3.8) is 0 Å². The molecular weight excluding hydrogens is 236 g/mol. The monoisotopic (exact) mass is 262 g/mol. The largest absolute Gasteiger partial charge is 0.342 e. The van der Waals surface area contributed by atoms with Gasteiger partial charge in [-0.2, -0.15) is 0 Å². The van der Waals surface area contributed by atoms with Crippen molar-refractivity contribution < 1.29 is 4.79 Å². The van der Waals surface area contributed by atoms with E-state index in [9.17, 15) is 4.79 Å². The summed E-state index contributed by atoms with van der Waals surface area (Å²) in [6, 6.07) is 0.344. The third-order valence-electron chi connectivity index (χ3n) is 6.52. The quantitative estimate of drug-likeness (QED) is 0.785. The topological polar surface area (TPSA) is 46.3 Å². The molecule has 0 aromatic rings. The maximum absolute atomic E-state index is 12.8. The summed E-state index contributed by atoms with van der Waals surface area (Å²) in [6.07, 6.45) is 8.92. The van der Waals surface area contributed by atoms with Gasteiger partial charge in [0.05, 0.1) is 0 Å². The molecule has 0 aromatic carbocycles. The minimum absolute atomic E-state index is 0.344. The van der Waals surface area contributed by atoms with Crippen molar-refractivity contribution in [2.45, 2.75) is 51.0 Å². The van der Waals surface area contributed by atoms with Crippen LogP contribution in [0.1, 0.15) is 44.9 Å². The number of nitrogens with two attached hydrogens (primary N) is 1. The number of nitrogens with zero attached hydrogens (tertiary/aromatic N) is 1. The second-order valence-electron chi connectivity index (χ2n) is 7.54. The fourth-order valence-electron chi connectivity index (χ4n) is 5.48. The van der Waals surface area contributed by atoms with Gasteiger partial charge in [0, 0.05) is 25.0 Å². The van der Waals surface area contributed by atoms with Gasteiger partial charge in [-0.05, 0) is 55.8 Å². The number of hydrogen-bond donors (Lipinski definition) is 1. The molecule has 4 rings (SSSR count). The molecule has 3 nitrogen and oxygen atoms in total. The van der Waals surface area contributed by atoms with E-state index in [4.69, 9.17) is 5.73 Å². The number of likely N-dealkylation sites (tertiary alicyclic amines) is 1. The summed E-state index contributed by atoms with van der Waals surface area (Å²) < 4.78 is 0. The molecule has 4 aliphatic rings. The van der Waals surface area contributed by atoms with Crippen LogP contribution < -0.4 is 5.73 Å². The van der Waals surface area contributed by atoms with Crippen molar-refractivity contribution >= 4 is 5.91 Å². The number of amides is 1. The van der Waals surface area contributed by atoms with Crippen molar-refractivity contribution in [2.75, 3.05) is 13.1 Å². The van der Waals surface area contributed by atoms with E-state index in [0.717, 1.165) is 25.4 Å². The van der Waals surface area contributed by atoms with Crippen LogP contribution in [0.3, 0.4) is 0 Å². The lowest BCUT2D eigenvalue weighted by molar-refractivity contribution is -0.136. The van der Waals surface area contributed by atoms with Gasteiger partial charge in [0.25, 0.3) is 0 Å². The van der Waals surface area contributed by atoms with E-state index in [1.54, 1.807) is 0 Å². The zero-order chi connectivity index (χ0) is 13.0. The first-order chi connectivity index (χ1) is 9.22. The number of carbonyl (C=O) groups is 1. The van der Waals surface area contributed by atoms with E-state index in [-0.39, 0.29) is 0 Å². The summed E-state index contributed by atoms with van der Waals surface area (Å²) in [5, 5.41) is 0. The van der Waals surface area contributed by atoms with Crippen molar-refractivity contribution in [2.24, 2.45) is 35.3 Å². The van der Waals surface area contributed by atoms with Gasteiger partial charge in [0.15, 0.2) is 0 Å².